The lowest BCUT2D eigenvalue weighted by atomic mass is 10.3. The summed E-state index contributed by atoms with van der Waals surface area (Å²) in [5.74, 6) is 0.511. The predicted octanol–water partition coefficient (Wildman–Crippen LogP) is 4.10. The van der Waals surface area contributed by atoms with E-state index in [2.05, 4.69) is 20.8 Å². The summed E-state index contributed by atoms with van der Waals surface area (Å²) >= 11 is 13.2. The van der Waals surface area contributed by atoms with Crippen LogP contribution >= 0.6 is 35.0 Å². The van der Waals surface area contributed by atoms with Crippen molar-refractivity contribution in [3.8, 4) is 11.4 Å². The molecule has 10 heteroatoms. The highest BCUT2D eigenvalue weighted by molar-refractivity contribution is 8.00. The van der Waals surface area contributed by atoms with Crippen molar-refractivity contribution in [1.29, 1.82) is 0 Å². The van der Waals surface area contributed by atoms with Crippen molar-refractivity contribution in [2.45, 2.75) is 17.3 Å². The zero-order valence-electron chi connectivity index (χ0n) is 14.4. The monoisotopic (exact) mass is 423 g/mol. The van der Waals surface area contributed by atoms with Crippen LogP contribution in [0.25, 0.3) is 5.69 Å². The summed E-state index contributed by atoms with van der Waals surface area (Å²) in [7, 11) is 1.60. The number of tetrazole rings is 1. The average molecular weight is 424 g/mol. The SMILES string of the molecule is COc1ccc(-n2nnnc2SC(C)C(=O)Nc2cc(Cl)cc(Cl)c2)cc1. The molecule has 0 saturated carbocycles. The van der Waals surface area contributed by atoms with E-state index < -0.39 is 5.25 Å². The minimum absolute atomic E-state index is 0.220. The first kappa shape index (κ1) is 19.5. The highest BCUT2D eigenvalue weighted by atomic mass is 35.5. The van der Waals surface area contributed by atoms with Gasteiger partial charge in [-0.05, 0) is 59.8 Å². The fraction of sp³-hybridized carbons (Fsp3) is 0.176. The third kappa shape index (κ3) is 4.91. The van der Waals surface area contributed by atoms with Crippen molar-refractivity contribution in [3.63, 3.8) is 0 Å². The normalized spacial score (nSPS) is 11.9. The van der Waals surface area contributed by atoms with Gasteiger partial charge in [0.15, 0.2) is 0 Å². The Kier molecular flexibility index (Phi) is 6.20. The number of rotatable bonds is 6. The van der Waals surface area contributed by atoms with Gasteiger partial charge in [-0.25, -0.2) is 0 Å². The number of nitrogens with one attached hydrogen (secondary N) is 1. The fourth-order valence-corrected chi connectivity index (χ4v) is 3.55. The van der Waals surface area contributed by atoms with E-state index in [1.54, 1.807) is 36.9 Å². The van der Waals surface area contributed by atoms with Crippen LogP contribution in [0.1, 0.15) is 6.92 Å². The van der Waals surface area contributed by atoms with Gasteiger partial charge in [0, 0.05) is 15.7 Å². The third-order valence-corrected chi connectivity index (χ3v) is 5.01. The van der Waals surface area contributed by atoms with E-state index in [-0.39, 0.29) is 5.91 Å². The molecule has 1 aromatic heterocycles. The van der Waals surface area contributed by atoms with Crippen LogP contribution in [-0.4, -0.2) is 38.5 Å². The van der Waals surface area contributed by atoms with Crippen LogP contribution in [0, 0.1) is 0 Å². The van der Waals surface area contributed by atoms with Gasteiger partial charge in [-0.2, -0.15) is 4.68 Å². The minimum Gasteiger partial charge on any atom is -0.497 e. The topological polar surface area (TPSA) is 81.9 Å². The molecule has 27 heavy (non-hydrogen) atoms. The number of amides is 1. The van der Waals surface area contributed by atoms with Crippen LogP contribution in [0.15, 0.2) is 47.6 Å². The molecule has 1 atom stereocenters. The Morgan fingerprint density at radius 1 is 1.19 bits per heavy atom. The molecule has 0 fully saturated rings. The minimum atomic E-state index is -0.453. The van der Waals surface area contributed by atoms with Crippen molar-refractivity contribution in [1.82, 2.24) is 20.2 Å². The lowest BCUT2D eigenvalue weighted by molar-refractivity contribution is -0.115. The molecule has 7 nitrogen and oxygen atoms in total. The van der Waals surface area contributed by atoms with E-state index in [4.69, 9.17) is 27.9 Å². The Labute approximate surface area is 170 Å². The molecule has 0 saturated heterocycles. The number of carbonyl (C=O) groups is 1. The van der Waals surface area contributed by atoms with Gasteiger partial charge in [0.2, 0.25) is 11.1 Å². The van der Waals surface area contributed by atoms with E-state index in [0.717, 1.165) is 11.4 Å². The molecule has 1 N–H and O–H groups in total. The van der Waals surface area contributed by atoms with Crippen molar-refractivity contribution in [2.75, 3.05) is 12.4 Å². The summed E-state index contributed by atoms with van der Waals surface area (Å²) < 4.78 is 6.71. The largest absolute Gasteiger partial charge is 0.497 e. The molecule has 1 amide bonds. The molecule has 0 spiro atoms. The Balaban J connectivity index is 1.71. The molecule has 0 aliphatic heterocycles. The van der Waals surface area contributed by atoms with Crippen LogP contribution in [0.3, 0.4) is 0 Å². The summed E-state index contributed by atoms with van der Waals surface area (Å²) in [6, 6.07) is 12.1. The average Bonchev–Trinajstić information content (AvgIpc) is 3.09. The van der Waals surface area contributed by atoms with Crippen LogP contribution in [0.4, 0.5) is 5.69 Å². The first-order valence-electron chi connectivity index (χ1n) is 7.82. The van der Waals surface area contributed by atoms with E-state index in [1.165, 1.54) is 11.8 Å². The maximum atomic E-state index is 12.5. The smallest absolute Gasteiger partial charge is 0.237 e. The van der Waals surface area contributed by atoms with Gasteiger partial charge in [-0.15, -0.1) is 5.10 Å². The first-order chi connectivity index (χ1) is 13.0. The van der Waals surface area contributed by atoms with Gasteiger partial charge in [-0.3, -0.25) is 4.79 Å². The van der Waals surface area contributed by atoms with Crippen LogP contribution in [-0.2, 0) is 4.79 Å². The van der Waals surface area contributed by atoms with Gasteiger partial charge in [0.25, 0.3) is 0 Å². The van der Waals surface area contributed by atoms with Gasteiger partial charge >= 0.3 is 0 Å². The number of carbonyl (C=O) groups excluding carboxylic acids is 1. The number of ether oxygens (including phenoxy) is 1. The van der Waals surface area contributed by atoms with Crippen LogP contribution in [0.5, 0.6) is 5.75 Å². The molecule has 0 bridgehead atoms. The van der Waals surface area contributed by atoms with Crippen LogP contribution in [0.2, 0.25) is 10.0 Å². The van der Waals surface area contributed by atoms with Crippen molar-refractivity contribution in [2.24, 2.45) is 0 Å². The molecule has 0 aliphatic rings. The van der Waals surface area contributed by atoms with Crippen molar-refractivity contribution < 1.29 is 9.53 Å². The number of methoxy groups -OCH3 is 1. The van der Waals surface area contributed by atoms with E-state index in [9.17, 15) is 4.79 Å². The molecule has 3 aromatic rings. The summed E-state index contributed by atoms with van der Waals surface area (Å²) in [5, 5.41) is 15.4. The zero-order chi connectivity index (χ0) is 19.4. The Morgan fingerprint density at radius 3 is 2.48 bits per heavy atom. The number of halogens is 2. The zero-order valence-corrected chi connectivity index (χ0v) is 16.7. The second kappa shape index (κ2) is 8.60. The highest BCUT2D eigenvalue weighted by Gasteiger charge is 2.19. The molecule has 1 unspecified atom stereocenters. The molecule has 2 aromatic carbocycles. The predicted molar refractivity (Wildman–Crippen MR) is 106 cm³/mol. The summed E-state index contributed by atoms with van der Waals surface area (Å²) in [5.41, 5.74) is 1.29. The Hall–Kier alpha value is -2.29. The molecule has 0 aliphatic carbocycles. The lowest BCUT2D eigenvalue weighted by Gasteiger charge is -2.12. The van der Waals surface area contributed by atoms with Gasteiger partial charge in [0.1, 0.15) is 5.75 Å². The van der Waals surface area contributed by atoms with Gasteiger partial charge in [-0.1, -0.05) is 35.0 Å². The standard InChI is InChI=1S/C17H15Cl2N5O2S/c1-10(16(25)20-13-8-11(18)7-12(19)9-13)27-17-21-22-23-24(17)14-3-5-15(26-2)6-4-14/h3-10H,1-2H3,(H,20,25). The second-order valence-corrected chi connectivity index (χ2v) is 7.66. The molecule has 1 heterocycles. The molecular weight excluding hydrogens is 409 g/mol. The molecule has 3 rings (SSSR count). The molecule has 0 radical (unpaired) electrons. The number of benzene rings is 2. The molecule has 140 valence electrons. The van der Waals surface area contributed by atoms with E-state index in [0.29, 0.717) is 20.9 Å². The maximum absolute atomic E-state index is 12.5. The number of thioether (sulfide) groups is 1. The quantitative estimate of drug-likeness (QED) is 0.600. The van der Waals surface area contributed by atoms with Crippen molar-refractivity contribution in [3.05, 3.63) is 52.5 Å². The summed E-state index contributed by atoms with van der Waals surface area (Å²) in [6.07, 6.45) is 0. The van der Waals surface area contributed by atoms with Gasteiger partial charge in [0.05, 0.1) is 18.0 Å². The van der Waals surface area contributed by atoms with E-state index in [1.807, 2.05) is 24.3 Å². The highest BCUT2D eigenvalue weighted by Crippen LogP contribution is 2.26. The van der Waals surface area contributed by atoms with E-state index >= 15 is 0 Å². The fourth-order valence-electron chi connectivity index (χ4n) is 2.22. The molecular formula is C17H15Cl2N5O2S. The lowest BCUT2D eigenvalue weighted by Crippen LogP contribution is -2.23. The second-order valence-electron chi connectivity index (χ2n) is 5.48. The number of hydrogen-bond acceptors (Lipinski definition) is 6. The third-order valence-electron chi connectivity index (χ3n) is 3.54. The van der Waals surface area contributed by atoms with Gasteiger partial charge < -0.3 is 10.1 Å². The Bertz CT molecular complexity index is 929. The van der Waals surface area contributed by atoms with Crippen molar-refractivity contribution >= 4 is 46.6 Å². The number of nitrogens with zero attached hydrogens (tertiary/aromatic N) is 4. The first-order valence-corrected chi connectivity index (χ1v) is 9.46. The van der Waals surface area contributed by atoms with Crippen LogP contribution < -0.4 is 10.1 Å². The number of anilines is 1. The maximum Gasteiger partial charge on any atom is 0.237 e. The number of hydrogen-bond donors (Lipinski definition) is 1. The summed E-state index contributed by atoms with van der Waals surface area (Å²) in [4.78, 5) is 12.5. The number of aromatic nitrogens is 4. The Morgan fingerprint density at radius 2 is 1.85 bits per heavy atom. The summed E-state index contributed by atoms with van der Waals surface area (Å²) in [6.45, 7) is 1.76.